The number of benzene rings is 2. The second-order valence-electron chi connectivity index (χ2n) is 12.4. The number of cyclic esters (lactones) is 2. The third-order valence-electron chi connectivity index (χ3n) is 9.32. The zero-order chi connectivity index (χ0) is 36.9. The number of anilines is 4. The van der Waals surface area contributed by atoms with Gasteiger partial charge in [-0.15, -0.1) is 13.1 Å². The molecule has 0 aliphatic carbocycles. The Morgan fingerprint density at radius 1 is 0.759 bits per heavy atom. The van der Waals surface area contributed by atoms with E-state index >= 15 is 0 Å². The first-order valence-electron chi connectivity index (χ1n) is 16.2. The van der Waals surface area contributed by atoms with E-state index in [0.717, 1.165) is 0 Å². The molecule has 0 saturated carbocycles. The summed E-state index contributed by atoms with van der Waals surface area (Å²) in [5.41, 5.74) is 15.3. The van der Waals surface area contributed by atoms with Gasteiger partial charge in [-0.05, 0) is 49.2 Å². The van der Waals surface area contributed by atoms with E-state index in [1.54, 1.807) is 24.3 Å². The van der Waals surface area contributed by atoms with Crippen molar-refractivity contribution in [2.24, 2.45) is 0 Å². The number of amides is 5. The molecule has 1 spiro atoms. The minimum absolute atomic E-state index is 0. The van der Waals surface area contributed by atoms with Crippen LogP contribution in [0.4, 0.5) is 45.9 Å². The van der Waals surface area contributed by atoms with E-state index in [1.807, 2.05) is 9.80 Å². The standard InChI is InChI=1S/C17H19FN5O4.C15H17FN3O3.CN.2Ac.K/c18-12-7-10(23-9-11(8-19)27-16(23)26)1-2-13(12)22-5-3-17(4-6-22)14(24)20-15(25)21-17;16-13-7-10(19-9-12(8-17)22-15(19)21)1-2-14(13)18-5-3-11(20)4-6-18;1-2;;;/h1-2,7,11,19H,3-6,8-9H2,(H2,20,21,24,25);1-2,7,12,17H,3-6,8-9H2;;;;/q3*-1;;;+1. The molecule has 278 valence electrons. The molecule has 4 N–H and O–H groups in total. The van der Waals surface area contributed by atoms with E-state index in [0.29, 0.717) is 74.6 Å². The summed E-state index contributed by atoms with van der Waals surface area (Å²) >= 11 is 0. The topological polar surface area (TPSA) is 212 Å². The minimum atomic E-state index is -0.908. The third kappa shape index (κ3) is 11.3. The predicted molar refractivity (Wildman–Crippen MR) is 179 cm³/mol. The van der Waals surface area contributed by atoms with Gasteiger partial charge in [-0.1, -0.05) is 0 Å². The fraction of sp³-hybridized carbons (Fsp3) is 0.455. The van der Waals surface area contributed by atoms with Crippen LogP contribution in [0, 0.1) is 112 Å². The summed E-state index contributed by atoms with van der Waals surface area (Å²) in [6.07, 6.45) is -0.467. The first-order valence-corrected chi connectivity index (χ1v) is 16.2. The van der Waals surface area contributed by atoms with E-state index in [2.05, 4.69) is 10.6 Å². The summed E-state index contributed by atoms with van der Waals surface area (Å²) in [6.45, 7) is 7.05. The molecule has 5 saturated heterocycles. The summed E-state index contributed by atoms with van der Waals surface area (Å²) in [4.78, 5) is 64.5. The SMILES string of the molecule is [Ac].[Ac].[C-]#N.[K+].[NH-]CC1CN(c2ccc(N3CCC(=O)CC3)c(F)c2)C(=O)O1.[NH-]CC1CN(c2ccc(N3CCC4(CC3)NC(=O)NC4=O)c(F)c2)C(=O)O1. The Balaban J connectivity index is 0.000000345. The van der Waals surface area contributed by atoms with Crippen molar-refractivity contribution in [1.82, 2.24) is 10.6 Å². The van der Waals surface area contributed by atoms with Crippen molar-refractivity contribution in [2.75, 3.05) is 72.0 Å². The fourth-order valence-corrected chi connectivity index (χ4v) is 6.52. The molecule has 2 radical (unpaired) electrons. The number of carbonyl (C=O) groups excluding carboxylic acids is 5. The first kappa shape index (κ1) is 49.1. The molecule has 7 rings (SSSR count). The molecule has 0 bridgehead atoms. The van der Waals surface area contributed by atoms with Gasteiger partial charge in [-0.2, -0.15) is 0 Å². The average Bonchev–Trinajstić information content (AvgIpc) is 3.79. The van der Waals surface area contributed by atoms with Gasteiger partial charge < -0.3 is 47.9 Å². The van der Waals surface area contributed by atoms with Gasteiger partial charge in [0.1, 0.15) is 35.2 Å². The van der Waals surface area contributed by atoms with Crippen LogP contribution in [0.3, 0.4) is 0 Å². The number of nitrogens with one attached hydrogen (secondary N) is 4. The fourth-order valence-electron chi connectivity index (χ4n) is 6.52. The normalized spacial score (nSPS) is 21.2. The number of urea groups is 1. The summed E-state index contributed by atoms with van der Waals surface area (Å²) < 4.78 is 39.1. The summed E-state index contributed by atoms with van der Waals surface area (Å²) in [7, 11) is 0. The first-order chi connectivity index (χ1) is 24.5. The summed E-state index contributed by atoms with van der Waals surface area (Å²) in [5, 5.41) is 11.2. The Morgan fingerprint density at radius 3 is 1.54 bits per heavy atom. The maximum atomic E-state index is 14.7. The Labute approximate surface area is 425 Å². The number of ether oxygens (including phenoxy) is 2. The number of nitrogens with zero attached hydrogens (tertiary/aromatic N) is 5. The number of halogens is 2. The van der Waals surface area contributed by atoms with Crippen LogP contribution in [-0.2, 0) is 19.1 Å². The number of hydrogen-bond acceptors (Lipinski definition) is 10. The second kappa shape index (κ2) is 22.2. The van der Waals surface area contributed by atoms with E-state index in [9.17, 15) is 32.8 Å². The van der Waals surface area contributed by atoms with Gasteiger partial charge in [0.2, 0.25) is 0 Å². The molecule has 16 nitrogen and oxygen atoms in total. The van der Waals surface area contributed by atoms with Gasteiger partial charge in [0.05, 0.1) is 35.8 Å². The minimum Gasteiger partial charge on any atom is -0.674 e. The molecule has 2 aromatic rings. The molecule has 2 unspecified atom stereocenters. The van der Waals surface area contributed by atoms with Crippen LogP contribution in [0.15, 0.2) is 36.4 Å². The Morgan fingerprint density at radius 2 is 1.19 bits per heavy atom. The molecule has 5 aliphatic rings. The molecular formula is C33H36Ac2F2KN9O7-2. The van der Waals surface area contributed by atoms with Crippen molar-refractivity contribution in [3.05, 3.63) is 66.1 Å². The van der Waals surface area contributed by atoms with E-state index in [4.69, 9.17) is 32.8 Å². The largest absolute Gasteiger partial charge is 1.00 e. The van der Waals surface area contributed by atoms with Crippen molar-refractivity contribution in [3.63, 3.8) is 0 Å². The van der Waals surface area contributed by atoms with Crippen LogP contribution in [0.2, 0.25) is 0 Å². The van der Waals surface area contributed by atoms with Gasteiger partial charge in [-0.25, -0.2) is 23.2 Å². The summed E-state index contributed by atoms with van der Waals surface area (Å²) in [6, 6.07) is 8.62. The van der Waals surface area contributed by atoms with Crippen LogP contribution in [0.25, 0.3) is 11.5 Å². The summed E-state index contributed by atoms with van der Waals surface area (Å²) in [5.74, 6) is -1.03. The zero-order valence-electron chi connectivity index (χ0n) is 29.6. The molecule has 54 heavy (non-hydrogen) atoms. The second-order valence-corrected chi connectivity index (χ2v) is 12.4. The molecule has 2 aromatic carbocycles. The third-order valence-corrected chi connectivity index (χ3v) is 9.32. The number of piperidine rings is 2. The molecule has 5 heterocycles. The van der Waals surface area contributed by atoms with Crippen molar-refractivity contribution in [2.45, 2.75) is 43.4 Å². The van der Waals surface area contributed by atoms with Gasteiger partial charge in [-0.3, -0.25) is 24.7 Å². The van der Waals surface area contributed by atoms with Gasteiger partial charge in [0.15, 0.2) is 0 Å². The number of hydrogen-bond donors (Lipinski definition) is 2. The number of Topliss-reactive ketones (excluding diaryl/α,β-unsaturated/α-hetero) is 1. The van der Waals surface area contributed by atoms with Gasteiger partial charge >= 0.3 is 69.6 Å². The molecule has 5 amide bonds. The Kier molecular flexibility index (Phi) is 20.2. The van der Waals surface area contributed by atoms with E-state index in [-0.39, 0.29) is 177 Å². The van der Waals surface area contributed by atoms with Crippen molar-refractivity contribution < 1.29 is 182 Å². The quantitative estimate of drug-likeness (QED) is 0.237. The van der Waals surface area contributed by atoms with Crippen LogP contribution >= 0.6 is 0 Å². The van der Waals surface area contributed by atoms with Crippen molar-refractivity contribution in [3.8, 4) is 0 Å². The molecule has 5 aliphatic heterocycles. The molecular weight excluding hydrogens is 1170 g/mol. The zero-order valence-corrected chi connectivity index (χ0v) is 42.2. The van der Waals surface area contributed by atoms with E-state index < -0.39 is 47.6 Å². The van der Waals surface area contributed by atoms with Crippen molar-refractivity contribution >= 4 is 52.7 Å². The van der Waals surface area contributed by atoms with Crippen molar-refractivity contribution in [1.29, 1.82) is 5.26 Å². The molecule has 2 atom stereocenters. The number of ketones is 1. The molecule has 21 heteroatoms. The van der Waals surface area contributed by atoms with Crippen LogP contribution in [0.5, 0.6) is 0 Å². The molecule has 5 fully saturated rings. The predicted octanol–water partition coefficient (Wildman–Crippen LogP) is 0.854. The average molecular weight is 1200 g/mol. The smallest absolute Gasteiger partial charge is 0.674 e. The van der Waals surface area contributed by atoms with Gasteiger partial charge in [0, 0.05) is 127 Å². The number of imide groups is 1. The maximum Gasteiger partial charge on any atom is 1.00 e. The monoisotopic (exact) mass is 1200 g/mol. The Hall–Kier alpha value is -1.02. The Bertz CT molecular complexity index is 1710. The van der Waals surface area contributed by atoms with Crippen LogP contribution in [0.1, 0.15) is 25.7 Å². The van der Waals surface area contributed by atoms with Crippen LogP contribution < -0.4 is 81.6 Å². The van der Waals surface area contributed by atoms with Gasteiger partial charge in [0.25, 0.3) is 5.91 Å². The maximum absolute atomic E-state index is 14.7. The number of rotatable bonds is 6. The van der Waals surface area contributed by atoms with Crippen LogP contribution in [-0.4, -0.2) is 100 Å². The molecule has 0 aromatic heterocycles. The number of carbonyl (C=O) groups is 5. The van der Waals surface area contributed by atoms with E-state index in [1.165, 1.54) is 21.9 Å².